The quantitative estimate of drug-likeness (QED) is 0.315. The summed E-state index contributed by atoms with van der Waals surface area (Å²) in [5.41, 5.74) is 12.0. The second-order valence-corrected chi connectivity index (χ2v) is 4.84. The third-order valence-corrected chi connectivity index (χ3v) is 2.97. The van der Waals surface area contributed by atoms with Crippen molar-refractivity contribution < 1.29 is 9.90 Å². The highest BCUT2D eigenvalue weighted by atomic mass is 16.4. The summed E-state index contributed by atoms with van der Waals surface area (Å²) in [6.45, 7) is 4.18. The first-order chi connectivity index (χ1) is 11.6. The van der Waals surface area contributed by atoms with E-state index >= 15 is 0 Å². The largest absolute Gasteiger partial charge is 0.480 e. The number of benzene rings is 1. The van der Waals surface area contributed by atoms with E-state index in [2.05, 4.69) is 17.3 Å². The summed E-state index contributed by atoms with van der Waals surface area (Å²) in [5, 5.41) is 14.9. The summed E-state index contributed by atoms with van der Waals surface area (Å²) >= 11 is 0. The maximum Gasteiger partial charge on any atom is 0.328 e. The molecule has 1 aromatic carbocycles. The Kier molecular flexibility index (Phi) is 12.3. The number of aliphatic imine (C=N–C) groups is 1. The van der Waals surface area contributed by atoms with Gasteiger partial charge in [0, 0.05) is 6.21 Å². The second-order valence-electron chi connectivity index (χ2n) is 4.84. The molecular weight excluding hydrogens is 304 g/mol. The fourth-order valence-electron chi connectivity index (χ4n) is 1.81. The number of carboxylic acids is 1. The highest BCUT2D eigenvalue weighted by Crippen LogP contribution is 2.07. The number of hydrogen-bond acceptors (Lipinski definition) is 4. The van der Waals surface area contributed by atoms with Gasteiger partial charge in [-0.25, -0.2) is 4.79 Å². The van der Waals surface area contributed by atoms with Crippen molar-refractivity contribution in [2.75, 3.05) is 6.54 Å². The van der Waals surface area contributed by atoms with E-state index in [9.17, 15) is 4.79 Å². The molecule has 0 heterocycles. The summed E-state index contributed by atoms with van der Waals surface area (Å²) in [4.78, 5) is 15.0. The first-order valence-electron chi connectivity index (χ1n) is 7.62. The molecule has 0 aliphatic rings. The summed E-state index contributed by atoms with van der Waals surface area (Å²) < 4.78 is 0. The molecule has 1 aromatic rings. The smallest absolute Gasteiger partial charge is 0.328 e. The molecule has 24 heavy (non-hydrogen) atoms. The molecule has 6 heteroatoms. The predicted octanol–water partition coefficient (Wildman–Crippen LogP) is 2.24. The van der Waals surface area contributed by atoms with Gasteiger partial charge in [0.2, 0.25) is 0 Å². The Labute approximate surface area is 143 Å². The van der Waals surface area contributed by atoms with Crippen LogP contribution in [0, 0.1) is 5.41 Å². The minimum atomic E-state index is -0.915. The Hall–Kier alpha value is -2.73. The fraction of sp³-hybridized carbons (Fsp3) is 0.278. The first kappa shape index (κ1) is 21.3. The molecular formula is C18H26N4O2. The average molecular weight is 330 g/mol. The van der Waals surface area contributed by atoms with Crippen LogP contribution < -0.4 is 11.5 Å². The van der Waals surface area contributed by atoms with Gasteiger partial charge in [0.25, 0.3) is 0 Å². The molecule has 0 radical (unpaired) electrons. The topological polar surface area (TPSA) is 126 Å². The van der Waals surface area contributed by atoms with Gasteiger partial charge in [0.15, 0.2) is 0 Å². The van der Waals surface area contributed by atoms with Crippen LogP contribution in [0.4, 0.5) is 0 Å². The van der Waals surface area contributed by atoms with Crippen molar-refractivity contribution in [2.45, 2.75) is 25.3 Å². The lowest BCUT2D eigenvalue weighted by Gasteiger charge is -2.04. The Morgan fingerprint density at radius 2 is 2.00 bits per heavy atom. The minimum Gasteiger partial charge on any atom is -0.480 e. The lowest BCUT2D eigenvalue weighted by atomic mass is 10.1. The van der Waals surface area contributed by atoms with Gasteiger partial charge in [0.05, 0.1) is 6.34 Å². The van der Waals surface area contributed by atoms with Crippen LogP contribution in [0.1, 0.15) is 24.0 Å². The third kappa shape index (κ3) is 10.1. The molecule has 0 aliphatic carbocycles. The van der Waals surface area contributed by atoms with E-state index in [1.54, 1.807) is 6.08 Å². The molecule has 0 fully saturated rings. The molecule has 6 nitrogen and oxygen atoms in total. The highest BCUT2D eigenvalue weighted by molar-refractivity contribution is 5.82. The minimum absolute atomic E-state index is 0.465. The number of nitrogens with one attached hydrogen (secondary N) is 1. The zero-order chi connectivity index (χ0) is 18.2. The SMILES string of the molecule is C=CCc1ccc(/C=C/C=NC(CCCN)C(=O)O)cc1.N=CN. The lowest BCUT2D eigenvalue weighted by Crippen LogP contribution is -2.19. The summed E-state index contributed by atoms with van der Waals surface area (Å²) in [6, 6.07) is 7.38. The van der Waals surface area contributed by atoms with Crippen molar-refractivity contribution in [3.8, 4) is 0 Å². The molecule has 6 N–H and O–H groups in total. The molecule has 0 amide bonds. The van der Waals surface area contributed by atoms with Crippen molar-refractivity contribution in [3.05, 3.63) is 54.1 Å². The second kappa shape index (κ2) is 13.9. The number of rotatable bonds is 9. The van der Waals surface area contributed by atoms with Gasteiger partial charge in [0.1, 0.15) is 6.04 Å². The Bertz CT molecular complexity index is 551. The summed E-state index contributed by atoms with van der Waals surface area (Å²) in [7, 11) is 0. The van der Waals surface area contributed by atoms with Crippen molar-refractivity contribution in [2.24, 2.45) is 16.5 Å². The van der Waals surface area contributed by atoms with E-state index in [-0.39, 0.29) is 0 Å². The van der Waals surface area contributed by atoms with Gasteiger partial charge < -0.3 is 16.6 Å². The van der Waals surface area contributed by atoms with Crippen LogP contribution in [0.3, 0.4) is 0 Å². The van der Waals surface area contributed by atoms with Crippen LogP contribution >= 0.6 is 0 Å². The first-order valence-corrected chi connectivity index (χ1v) is 7.62. The van der Waals surface area contributed by atoms with Crippen LogP contribution in [0.5, 0.6) is 0 Å². The van der Waals surface area contributed by atoms with Crippen molar-refractivity contribution in [3.63, 3.8) is 0 Å². The number of hydrogen-bond donors (Lipinski definition) is 4. The molecule has 1 atom stereocenters. The lowest BCUT2D eigenvalue weighted by molar-refractivity contribution is -0.138. The van der Waals surface area contributed by atoms with E-state index in [0.29, 0.717) is 19.4 Å². The van der Waals surface area contributed by atoms with Crippen molar-refractivity contribution in [1.82, 2.24) is 0 Å². The number of nitrogens with two attached hydrogens (primary N) is 2. The predicted molar refractivity (Wildman–Crippen MR) is 101 cm³/mol. The molecule has 1 unspecified atom stereocenters. The number of carbonyl (C=O) groups is 1. The normalized spacial score (nSPS) is 11.7. The molecule has 130 valence electrons. The summed E-state index contributed by atoms with van der Waals surface area (Å²) in [6.07, 6.45) is 9.77. The zero-order valence-electron chi connectivity index (χ0n) is 13.8. The molecule has 0 spiro atoms. The Balaban J connectivity index is 0.00000163. The maximum absolute atomic E-state index is 11.0. The van der Waals surface area contributed by atoms with Crippen molar-refractivity contribution >= 4 is 24.6 Å². The number of allylic oxidation sites excluding steroid dienone is 2. The highest BCUT2D eigenvalue weighted by Gasteiger charge is 2.13. The van der Waals surface area contributed by atoms with Gasteiger partial charge in [-0.3, -0.25) is 10.4 Å². The monoisotopic (exact) mass is 330 g/mol. The Morgan fingerprint density at radius 1 is 1.38 bits per heavy atom. The molecule has 0 saturated heterocycles. The van der Waals surface area contributed by atoms with Crippen LogP contribution in [0.15, 0.2) is 48.0 Å². The maximum atomic E-state index is 11.0. The average Bonchev–Trinajstić information content (AvgIpc) is 2.56. The number of carboxylic acid groups (broad SMARTS) is 1. The summed E-state index contributed by atoms with van der Waals surface area (Å²) in [5.74, 6) is -0.915. The van der Waals surface area contributed by atoms with Gasteiger partial charge in [-0.15, -0.1) is 6.58 Å². The molecule has 0 bridgehead atoms. The zero-order valence-corrected chi connectivity index (χ0v) is 13.8. The van der Waals surface area contributed by atoms with Crippen LogP contribution in [0.2, 0.25) is 0 Å². The standard InChI is InChI=1S/C17H22N2O2.CH4N2/c1-2-5-14-8-10-15(11-9-14)6-4-13-19-16(17(20)21)7-3-12-18;2-1-3/h2,4,6,8-11,13,16H,1,3,5,7,12,18H2,(H,20,21);1H,(H3,2,3)/b6-4+,19-13?;. The van der Waals surface area contributed by atoms with Gasteiger partial charge in [-0.2, -0.15) is 0 Å². The van der Waals surface area contributed by atoms with E-state index in [1.165, 1.54) is 11.8 Å². The molecule has 0 aliphatic heterocycles. The van der Waals surface area contributed by atoms with Crippen LogP contribution in [0.25, 0.3) is 6.08 Å². The molecule has 0 aromatic heterocycles. The third-order valence-electron chi connectivity index (χ3n) is 2.97. The van der Waals surface area contributed by atoms with E-state index in [4.69, 9.17) is 16.2 Å². The Morgan fingerprint density at radius 3 is 2.50 bits per heavy atom. The van der Waals surface area contributed by atoms with Gasteiger partial charge >= 0.3 is 5.97 Å². The van der Waals surface area contributed by atoms with Crippen LogP contribution in [-0.4, -0.2) is 36.2 Å². The molecule has 1 rings (SSSR count). The van der Waals surface area contributed by atoms with Gasteiger partial charge in [-0.05, 0) is 43.0 Å². The molecule has 0 saturated carbocycles. The van der Waals surface area contributed by atoms with Gasteiger partial charge in [-0.1, -0.05) is 36.4 Å². The number of aliphatic carboxylic acids is 1. The number of nitrogens with zero attached hydrogens (tertiary/aromatic N) is 1. The van der Waals surface area contributed by atoms with E-state index in [0.717, 1.165) is 18.3 Å². The van der Waals surface area contributed by atoms with E-state index in [1.807, 2.05) is 36.4 Å². The fourth-order valence-corrected chi connectivity index (χ4v) is 1.81. The van der Waals surface area contributed by atoms with E-state index < -0.39 is 12.0 Å². The van der Waals surface area contributed by atoms with Crippen LogP contribution in [-0.2, 0) is 11.2 Å². The van der Waals surface area contributed by atoms with Crippen molar-refractivity contribution in [1.29, 1.82) is 5.41 Å².